The van der Waals surface area contributed by atoms with E-state index in [0.29, 0.717) is 0 Å². The molecule has 0 aliphatic rings. The minimum Gasteiger partial charge on any atom is -0.271 e. The molecule has 0 amide bonds. The van der Waals surface area contributed by atoms with Crippen LogP contribution in [-0.4, -0.2) is 9.59 Å². The van der Waals surface area contributed by atoms with Gasteiger partial charge in [-0.05, 0) is 42.4 Å². The van der Waals surface area contributed by atoms with Crippen LogP contribution in [-0.2, 0) is 12.8 Å². The monoisotopic (exact) mass is 276 g/mol. The van der Waals surface area contributed by atoms with Gasteiger partial charge in [-0.25, -0.2) is 0 Å². The van der Waals surface area contributed by atoms with E-state index in [0.717, 1.165) is 29.8 Å². The second-order valence-electron chi connectivity index (χ2n) is 4.68. The van der Waals surface area contributed by atoms with E-state index in [1.54, 1.807) is 0 Å². The van der Waals surface area contributed by atoms with Crippen molar-refractivity contribution in [1.82, 2.24) is 15.0 Å². The second kappa shape index (κ2) is 6.75. The predicted molar refractivity (Wildman–Crippen MR) is 78.9 cm³/mol. The maximum Gasteiger partial charge on any atom is 0.0804 e. The van der Waals surface area contributed by atoms with Crippen LogP contribution in [0.25, 0.3) is 0 Å². The Bertz CT molecular complexity index is 524. The van der Waals surface area contributed by atoms with Gasteiger partial charge in [-0.1, -0.05) is 42.1 Å². The van der Waals surface area contributed by atoms with E-state index in [9.17, 15) is 0 Å². The molecule has 0 fully saturated rings. The van der Waals surface area contributed by atoms with Crippen molar-refractivity contribution in [2.45, 2.75) is 39.2 Å². The zero-order chi connectivity index (χ0) is 13.7. The van der Waals surface area contributed by atoms with Crippen molar-refractivity contribution in [2.24, 2.45) is 5.84 Å². The smallest absolute Gasteiger partial charge is 0.0804 e. The van der Waals surface area contributed by atoms with Gasteiger partial charge in [0.15, 0.2) is 0 Å². The maximum atomic E-state index is 5.73. The molecule has 0 aliphatic heterocycles. The number of rotatable bonds is 6. The lowest BCUT2D eigenvalue weighted by atomic mass is 9.99. The molecule has 1 aromatic heterocycles. The lowest BCUT2D eigenvalue weighted by molar-refractivity contribution is 0.553. The van der Waals surface area contributed by atoms with E-state index in [1.807, 2.05) is 0 Å². The fourth-order valence-electron chi connectivity index (χ4n) is 2.18. The fourth-order valence-corrected chi connectivity index (χ4v) is 2.93. The molecule has 4 nitrogen and oxygen atoms in total. The van der Waals surface area contributed by atoms with Crippen molar-refractivity contribution in [3.8, 4) is 0 Å². The molecule has 0 aliphatic carbocycles. The topological polar surface area (TPSA) is 63.8 Å². The third-order valence-corrected chi connectivity index (χ3v) is 4.16. The van der Waals surface area contributed by atoms with Gasteiger partial charge in [0.25, 0.3) is 0 Å². The average molecular weight is 276 g/mol. The van der Waals surface area contributed by atoms with Gasteiger partial charge in [0.05, 0.1) is 16.6 Å². The number of hydrazine groups is 1. The van der Waals surface area contributed by atoms with Crippen molar-refractivity contribution in [1.29, 1.82) is 0 Å². The number of hydrogen-bond donors (Lipinski definition) is 2. The van der Waals surface area contributed by atoms with Gasteiger partial charge >= 0.3 is 0 Å². The van der Waals surface area contributed by atoms with Gasteiger partial charge in [0.1, 0.15) is 0 Å². The summed E-state index contributed by atoms with van der Waals surface area (Å²) in [5.41, 5.74) is 6.58. The van der Waals surface area contributed by atoms with E-state index >= 15 is 0 Å². The molecule has 1 atom stereocenters. The molecule has 0 saturated carbocycles. The SMILES string of the molecule is CCCc1nnsc1C(Cc1ccccc1C)NN. The third-order valence-electron chi connectivity index (χ3n) is 3.27. The average Bonchev–Trinajstić information content (AvgIpc) is 2.86. The van der Waals surface area contributed by atoms with E-state index in [1.165, 1.54) is 22.7 Å². The van der Waals surface area contributed by atoms with E-state index in [2.05, 4.69) is 53.1 Å². The van der Waals surface area contributed by atoms with Crippen LogP contribution in [0.1, 0.15) is 41.1 Å². The lowest BCUT2D eigenvalue weighted by Crippen LogP contribution is -2.29. The fraction of sp³-hybridized carbons (Fsp3) is 0.429. The molecule has 0 radical (unpaired) electrons. The van der Waals surface area contributed by atoms with Crippen LogP contribution in [0.5, 0.6) is 0 Å². The molecule has 19 heavy (non-hydrogen) atoms. The lowest BCUT2D eigenvalue weighted by Gasteiger charge is -2.16. The predicted octanol–water partition coefficient (Wildman–Crippen LogP) is 2.55. The summed E-state index contributed by atoms with van der Waals surface area (Å²) < 4.78 is 4.07. The molecular formula is C14H20N4S. The largest absolute Gasteiger partial charge is 0.271 e. The first-order valence-corrected chi connectivity index (χ1v) is 7.35. The molecule has 1 heterocycles. The Balaban J connectivity index is 2.20. The highest BCUT2D eigenvalue weighted by molar-refractivity contribution is 7.05. The van der Waals surface area contributed by atoms with Crippen LogP contribution in [0.2, 0.25) is 0 Å². The second-order valence-corrected chi connectivity index (χ2v) is 5.47. The Morgan fingerprint density at radius 1 is 1.37 bits per heavy atom. The summed E-state index contributed by atoms with van der Waals surface area (Å²) in [6, 6.07) is 8.48. The summed E-state index contributed by atoms with van der Waals surface area (Å²) in [6.07, 6.45) is 2.89. The minimum absolute atomic E-state index is 0.0858. The van der Waals surface area contributed by atoms with Crippen LogP contribution in [0.4, 0.5) is 0 Å². The zero-order valence-corrected chi connectivity index (χ0v) is 12.2. The molecule has 0 saturated heterocycles. The molecule has 2 aromatic rings. The molecule has 2 rings (SSSR count). The Morgan fingerprint density at radius 2 is 2.16 bits per heavy atom. The Labute approximate surface area is 118 Å². The summed E-state index contributed by atoms with van der Waals surface area (Å²) in [4.78, 5) is 1.16. The quantitative estimate of drug-likeness (QED) is 0.628. The van der Waals surface area contributed by atoms with E-state index in [-0.39, 0.29) is 6.04 Å². The van der Waals surface area contributed by atoms with Crippen LogP contribution in [0.3, 0.4) is 0 Å². The molecular weight excluding hydrogens is 256 g/mol. The first kappa shape index (κ1) is 14.1. The first-order valence-electron chi connectivity index (χ1n) is 6.58. The Morgan fingerprint density at radius 3 is 2.84 bits per heavy atom. The standard InChI is InChI=1S/C14H20N4S/c1-3-6-12-14(19-18-17-12)13(16-15)9-11-8-5-4-7-10(11)2/h4-5,7-8,13,16H,3,6,9,15H2,1-2H3. The zero-order valence-electron chi connectivity index (χ0n) is 11.4. The number of nitrogens with two attached hydrogens (primary N) is 1. The van der Waals surface area contributed by atoms with Crippen molar-refractivity contribution >= 4 is 11.5 Å². The summed E-state index contributed by atoms with van der Waals surface area (Å²) >= 11 is 1.44. The normalized spacial score (nSPS) is 12.6. The van der Waals surface area contributed by atoms with Crippen LogP contribution >= 0.6 is 11.5 Å². The van der Waals surface area contributed by atoms with Gasteiger partial charge in [-0.3, -0.25) is 11.3 Å². The molecule has 102 valence electrons. The molecule has 1 unspecified atom stereocenters. The van der Waals surface area contributed by atoms with Crippen molar-refractivity contribution < 1.29 is 0 Å². The number of nitrogens with zero attached hydrogens (tertiary/aromatic N) is 2. The van der Waals surface area contributed by atoms with E-state index < -0.39 is 0 Å². The molecule has 0 spiro atoms. The van der Waals surface area contributed by atoms with Gasteiger partial charge in [-0.15, -0.1) is 5.10 Å². The van der Waals surface area contributed by atoms with Gasteiger partial charge in [0, 0.05) is 0 Å². The van der Waals surface area contributed by atoms with Gasteiger partial charge < -0.3 is 0 Å². The first-order chi connectivity index (χ1) is 9.26. The number of aryl methyl sites for hydroxylation is 2. The van der Waals surface area contributed by atoms with Crippen molar-refractivity contribution in [2.75, 3.05) is 0 Å². The molecule has 3 N–H and O–H groups in total. The number of nitrogens with one attached hydrogen (secondary N) is 1. The van der Waals surface area contributed by atoms with Crippen LogP contribution < -0.4 is 11.3 Å². The number of aromatic nitrogens is 2. The van der Waals surface area contributed by atoms with E-state index in [4.69, 9.17) is 5.84 Å². The van der Waals surface area contributed by atoms with Crippen LogP contribution in [0, 0.1) is 6.92 Å². The Hall–Kier alpha value is -1.30. The minimum atomic E-state index is 0.0858. The Kier molecular flexibility index (Phi) is 5.01. The molecule has 5 heteroatoms. The highest BCUT2D eigenvalue weighted by Gasteiger charge is 2.18. The summed E-state index contributed by atoms with van der Waals surface area (Å²) in [6.45, 7) is 4.27. The number of benzene rings is 1. The van der Waals surface area contributed by atoms with Crippen LogP contribution in [0.15, 0.2) is 24.3 Å². The third kappa shape index (κ3) is 3.37. The van der Waals surface area contributed by atoms with Gasteiger partial charge in [0.2, 0.25) is 0 Å². The summed E-state index contributed by atoms with van der Waals surface area (Å²) in [5, 5.41) is 4.21. The van der Waals surface area contributed by atoms with Crippen molar-refractivity contribution in [3.05, 3.63) is 46.0 Å². The highest BCUT2D eigenvalue weighted by atomic mass is 32.1. The molecule has 0 bridgehead atoms. The summed E-state index contributed by atoms with van der Waals surface area (Å²) in [7, 11) is 0. The molecule has 1 aromatic carbocycles. The maximum absolute atomic E-state index is 5.73. The number of hydrogen-bond acceptors (Lipinski definition) is 5. The summed E-state index contributed by atoms with van der Waals surface area (Å²) in [5.74, 6) is 5.73. The van der Waals surface area contributed by atoms with Gasteiger partial charge in [-0.2, -0.15) is 0 Å². The van der Waals surface area contributed by atoms with Crippen molar-refractivity contribution in [3.63, 3.8) is 0 Å². The highest BCUT2D eigenvalue weighted by Crippen LogP contribution is 2.25.